The number of Topliss-reactive ketones (excluding diaryl/α,β-unsaturated/α-hetero) is 1. The molecule has 0 saturated carbocycles. The number of halogens is 2. The molecule has 0 amide bonds. The van der Waals surface area contributed by atoms with Crippen LogP contribution in [0.15, 0.2) is 55.0 Å². The average Bonchev–Trinajstić information content (AvgIpc) is 3.29. The second-order valence-electron chi connectivity index (χ2n) is 7.82. The minimum absolute atomic E-state index is 0.0477. The van der Waals surface area contributed by atoms with E-state index in [0.29, 0.717) is 22.8 Å². The van der Waals surface area contributed by atoms with Gasteiger partial charge < -0.3 is 4.74 Å². The zero-order chi connectivity index (χ0) is 22.1. The number of carbonyl (C=O) groups is 1. The summed E-state index contributed by atoms with van der Waals surface area (Å²) in [6, 6.07) is 8.27. The first-order valence-electron chi connectivity index (χ1n) is 10.5. The number of nitrogens with zero attached hydrogens (tertiary/aromatic N) is 4. The van der Waals surface area contributed by atoms with E-state index in [2.05, 4.69) is 15.1 Å². The second-order valence-corrected chi connectivity index (χ2v) is 7.82. The zero-order valence-electron chi connectivity index (χ0n) is 17.2. The summed E-state index contributed by atoms with van der Waals surface area (Å²) in [7, 11) is 0. The van der Waals surface area contributed by atoms with Crippen molar-refractivity contribution in [3.8, 4) is 11.1 Å². The van der Waals surface area contributed by atoms with Crippen molar-refractivity contribution in [1.29, 1.82) is 0 Å². The lowest BCUT2D eigenvalue weighted by molar-refractivity contribution is -0.0394. The van der Waals surface area contributed by atoms with Gasteiger partial charge in [0.15, 0.2) is 5.78 Å². The molecule has 1 aliphatic rings. The van der Waals surface area contributed by atoms with Crippen LogP contribution in [0, 0.1) is 11.6 Å². The number of ether oxygens (including phenoxy) is 1. The van der Waals surface area contributed by atoms with E-state index in [9.17, 15) is 13.6 Å². The Balaban J connectivity index is 1.39. The van der Waals surface area contributed by atoms with Gasteiger partial charge in [-0.1, -0.05) is 0 Å². The van der Waals surface area contributed by atoms with Crippen LogP contribution in [0.25, 0.3) is 22.2 Å². The predicted octanol–water partition coefficient (Wildman–Crippen LogP) is 4.90. The molecule has 0 N–H and O–H groups in total. The van der Waals surface area contributed by atoms with Gasteiger partial charge in [0.2, 0.25) is 0 Å². The number of hydrogen-bond donors (Lipinski definition) is 0. The van der Waals surface area contributed by atoms with Gasteiger partial charge in [-0.25, -0.2) is 13.5 Å². The zero-order valence-corrected chi connectivity index (χ0v) is 17.2. The van der Waals surface area contributed by atoms with E-state index in [0.717, 1.165) is 49.1 Å². The largest absolute Gasteiger partial charge is 0.357 e. The van der Waals surface area contributed by atoms with E-state index in [1.807, 2.05) is 16.9 Å². The molecule has 1 atom stereocenters. The molecule has 5 rings (SSSR count). The molecule has 32 heavy (non-hydrogen) atoms. The molecular weight excluding hydrogens is 414 g/mol. The third kappa shape index (κ3) is 4.13. The monoisotopic (exact) mass is 434 g/mol. The van der Waals surface area contributed by atoms with Crippen LogP contribution in [0.3, 0.4) is 0 Å². The van der Waals surface area contributed by atoms with Crippen LogP contribution in [0.2, 0.25) is 0 Å². The highest BCUT2D eigenvalue weighted by molar-refractivity contribution is 5.97. The Morgan fingerprint density at radius 1 is 1.06 bits per heavy atom. The standard InChI is InChI=1S/C24H20F2N4O2/c25-17-4-6-19(20(26)10-17)23(31)11-18-5-7-21-22(29-18)9-15(12-27-21)16-13-28-30(14-16)24-3-1-2-8-32-24/h4-7,9-10,12-14,24H,1-3,8,11H2. The highest BCUT2D eigenvalue weighted by Crippen LogP contribution is 2.26. The van der Waals surface area contributed by atoms with Crippen LogP contribution in [0.1, 0.15) is 41.5 Å². The van der Waals surface area contributed by atoms with Crippen LogP contribution in [-0.4, -0.2) is 32.1 Å². The smallest absolute Gasteiger partial charge is 0.171 e. The summed E-state index contributed by atoms with van der Waals surface area (Å²) in [5.74, 6) is -2.06. The van der Waals surface area contributed by atoms with Crippen LogP contribution < -0.4 is 0 Å². The Morgan fingerprint density at radius 2 is 1.97 bits per heavy atom. The Hall–Kier alpha value is -3.52. The number of benzene rings is 1. The van der Waals surface area contributed by atoms with E-state index in [-0.39, 0.29) is 18.2 Å². The molecule has 1 saturated heterocycles. The molecule has 0 bridgehead atoms. The normalized spacial score (nSPS) is 16.4. The number of rotatable bonds is 5. The van der Waals surface area contributed by atoms with Gasteiger partial charge in [-0.15, -0.1) is 0 Å². The van der Waals surface area contributed by atoms with Crippen molar-refractivity contribution in [3.05, 3.63) is 77.9 Å². The summed E-state index contributed by atoms with van der Waals surface area (Å²) >= 11 is 0. The third-order valence-electron chi connectivity index (χ3n) is 5.55. The van der Waals surface area contributed by atoms with E-state index in [1.165, 1.54) is 0 Å². The molecular formula is C24H20F2N4O2. The van der Waals surface area contributed by atoms with Crippen molar-refractivity contribution in [2.75, 3.05) is 6.61 Å². The van der Waals surface area contributed by atoms with Crippen molar-refractivity contribution in [2.24, 2.45) is 0 Å². The molecule has 1 unspecified atom stereocenters. The first kappa shape index (κ1) is 20.4. The average molecular weight is 434 g/mol. The maximum atomic E-state index is 13.9. The summed E-state index contributed by atoms with van der Waals surface area (Å²) in [4.78, 5) is 21.5. The molecule has 4 aromatic rings. The quantitative estimate of drug-likeness (QED) is 0.418. The van der Waals surface area contributed by atoms with Crippen LogP contribution in [0.4, 0.5) is 8.78 Å². The number of carbonyl (C=O) groups excluding carboxylic acids is 1. The molecule has 0 aliphatic carbocycles. The summed E-state index contributed by atoms with van der Waals surface area (Å²) in [6.07, 6.45) is 8.44. The molecule has 1 fully saturated rings. The number of ketones is 1. The molecule has 6 nitrogen and oxygen atoms in total. The first-order chi connectivity index (χ1) is 15.6. The number of fused-ring (bicyclic) bond motifs is 1. The maximum absolute atomic E-state index is 13.9. The summed E-state index contributed by atoms with van der Waals surface area (Å²) in [5, 5.41) is 4.44. The minimum Gasteiger partial charge on any atom is -0.357 e. The molecule has 4 heterocycles. The Labute approximate surface area is 182 Å². The molecule has 162 valence electrons. The molecule has 0 spiro atoms. The van der Waals surface area contributed by atoms with Gasteiger partial charge >= 0.3 is 0 Å². The van der Waals surface area contributed by atoms with Crippen molar-refractivity contribution < 1.29 is 18.3 Å². The summed E-state index contributed by atoms with van der Waals surface area (Å²) in [5.41, 5.74) is 3.37. The van der Waals surface area contributed by atoms with Gasteiger partial charge in [-0.2, -0.15) is 5.10 Å². The lowest BCUT2D eigenvalue weighted by Crippen LogP contribution is -2.18. The van der Waals surface area contributed by atoms with Gasteiger partial charge in [0.25, 0.3) is 0 Å². The topological polar surface area (TPSA) is 69.9 Å². The van der Waals surface area contributed by atoms with Crippen molar-refractivity contribution in [1.82, 2.24) is 19.7 Å². The summed E-state index contributed by atoms with van der Waals surface area (Å²) in [6.45, 7) is 0.741. The number of aromatic nitrogens is 4. The fourth-order valence-corrected chi connectivity index (χ4v) is 3.86. The molecule has 1 aromatic carbocycles. The maximum Gasteiger partial charge on any atom is 0.171 e. The highest BCUT2D eigenvalue weighted by Gasteiger charge is 2.18. The van der Waals surface area contributed by atoms with Gasteiger partial charge in [0.05, 0.1) is 29.2 Å². The first-order valence-corrected chi connectivity index (χ1v) is 10.5. The van der Waals surface area contributed by atoms with Crippen molar-refractivity contribution in [2.45, 2.75) is 31.9 Å². The number of hydrogen-bond acceptors (Lipinski definition) is 5. The lowest BCUT2D eigenvalue weighted by atomic mass is 10.0. The molecule has 8 heteroatoms. The van der Waals surface area contributed by atoms with E-state index < -0.39 is 17.4 Å². The van der Waals surface area contributed by atoms with Crippen molar-refractivity contribution >= 4 is 16.8 Å². The van der Waals surface area contributed by atoms with Gasteiger partial charge in [-0.05, 0) is 49.6 Å². The fourth-order valence-electron chi connectivity index (χ4n) is 3.86. The Morgan fingerprint density at radius 3 is 2.78 bits per heavy atom. The van der Waals surface area contributed by atoms with Crippen molar-refractivity contribution in [3.63, 3.8) is 0 Å². The van der Waals surface area contributed by atoms with E-state index in [4.69, 9.17) is 4.74 Å². The van der Waals surface area contributed by atoms with Crippen LogP contribution in [-0.2, 0) is 11.2 Å². The predicted molar refractivity (Wildman–Crippen MR) is 114 cm³/mol. The van der Waals surface area contributed by atoms with E-state index >= 15 is 0 Å². The van der Waals surface area contributed by atoms with Crippen LogP contribution in [0.5, 0.6) is 0 Å². The van der Waals surface area contributed by atoms with Gasteiger partial charge in [0, 0.05) is 41.9 Å². The lowest BCUT2D eigenvalue weighted by Gasteiger charge is -2.22. The Kier molecular flexibility index (Phi) is 5.45. The highest BCUT2D eigenvalue weighted by atomic mass is 19.1. The Bertz CT molecular complexity index is 1300. The van der Waals surface area contributed by atoms with Gasteiger partial charge in [-0.3, -0.25) is 14.8 Å². The fraction of sp³-hybridized carbons (Fsp3) is 0.250. The summed E-state index contributed by atoms with van der Waals surface area (Å²) < 4.78 is 34.7. The van der Waals surface area contributed by atoms with E-state index in [1.54, 1.807) is 24.5 Å². The SMILES string of the molecule is O=C(Cc1ccc2ncc(-c3cnn(C4CCCCO4)c3)cc2n1)c1ccc(F)cc1F. The second kappa shape index (κ2) is 8.55. The number of pyridine rings is 2. The third-order valence-corrected chi connectivity index (χ3v) is 5.55. The van der Waals surface area contributed by atoms with Gasteiger partial charge in [0.1, 0.15) is 17.9 Å². The minimum atomic E-state index is -0.876. The molecule has 1 aliphatic heterocycles. The van der Waals surface area contributed by atoms with Crippen LogP contribution >= 0.6 is 0 Å². The molecule has 3 aromatic heterocycles. The molecule has 0 radical (unpaired) electrons.